The fourth-order valence-corrected chi connectivity index (χ4v) is 19.8. The second-order valence-corrected chi connectivity index (χ2v) is 21.2. The Kier molecular flexibility index (Phi) is 15.0. The van der Waals surface area contributed by atoms with Crippen LogP contribution in [0.2, 0.25) is 17.7 Å². The molecule has 0 amide bonds. The van der Waals surface area contributed by atoms with Crippen LogP contribution in [0.1, 0.15) is 59.3 Å². The maximum absolute atomic E-state index is 5.70. The normalized spacial score (nSPS) is 11.8. The Hall–Kier alpha value is 0.849. The third-order valence-electron chi connectivity index (χ3n) is 4.31. The van der Waals surface area contributed by atoms with Crippen molar-refractivity contribution in [2.24, 2.45) is 0 Å². The summed E-state index contributed by atoms with van der Waals surface area (Å²) in [6, 6.07) is 0. The fourth-order valence-electron chi connectivity index (χ4n) is 3.15. The molecule has 126 valence electrons. The van der Waals surface area contributed by atoms with Crippen molar-refractivity contribution in [1.29, 1.82) is 0 Å². The van der Waals surface area contributed by atoms with Crippen molar-refractivity contribution in [3.05, 3.63) is 12.2 Å². The minimum absolute atomic E-state index is 0.796. The van der Waals surface area contributed by atoms with E-state index in [1.165, 1.54) is 48.5 Å². The molecule has 1 nitrogen and oxygen atoms in total. The summed E-state index contributed by atoms with van der Waals surface area (Å²) in [4.78, 5) is 0. The Morgan fingerprint density at radius 1 is 0.952 bits per heavy atom. The Morgan fingerprint density at radius 2 is 1.43 bits per heavy atom. The van der Waals surface area contributed by atoms with Gasteiger partial charge in [-0.15, -0.1) is 0 Å². The molecule has 0 saturated carbocycles. The Morgan fingerprint density at radius 3 is 1.81 bits per heavy atom. The van der Waals surface area contributed by atoms with E-state index in [1.807, 2.05) is 0 Å². The van der Waals surface area contributed by atoms with Crippen LogP contribution in [0.3, 0.4) is 0 Å². The molecular weight excluding hydrogens is 383 g/mol. The second-order valence-electron chi connectivity index (χ2n) is 6.49. The molecular formula is C18H38OSSn. The van der Waals surface area contributed by atoms with Crippen molar-refractivity contribution in [3.63, 3.8) is 0 Å². The molecule has 0 aliphatic heterocycles. The van der Waals surface area contributed by atoms with E-state index < -0.39 is 18.4 Å². The standard InChI is InChI=1S/C6H11OS.3C4H9.Sn/c1-6(2)4-7-5-8-3;3*1-3-4-2;/h1-2,4-5H2,3H3;3*1,3-4H2,2H3;. The molecule has 0 atom stereocenters. The number of hydrogen-bond donors (Lipinski definition) is 0. The van der Waals surface area contributed by atoms with E-state index in [9.17, 15) is 0 Å². The zero-order valence-corrected chi connectivity index (χ0v) is 18.7. The molecule has 0 bridgehead atoms. The van der Waals surface area contributed by atoms with Gasteiger partial charge >= 0.3 is 143 Å². The number of ether oxygens (including phenoxy) is 1. The Labute approximate surface area is 142 Å². The van der Waals surface area contributed by atoms with Crippen molar-refractivity contribution in [1.82, 2.24) is 0 Å². The van der Waals surface area contributed by atoms with Crippen LogP contribution in [0.4, 0.5) is 0 Å². The van der Waals surface area contributed by atoms with Crippen LogP contribution in [-0.4, -0.2) is 37.2 Å². The van der Waals surface area contributed by atoms with Gasteiger partial charge in [-0.2, -0.15) is 0 Å². The molecule has 0 aromatic carbocycles. The summed E-state index contributed by atoms with van der Waals surface area (Å²) in [5.74, 6) is 0.806. The van der Waals surface area contributed by atoms with Crippen molar-refractivity contribution < 1.29 is 4.74 Å². The second kappa shape index (κ2) is 14.4. The first-order chi connectivity index (χ1) is 10.1. The van der Waals surface area contributed by atoms with Gasteiger partial charge in [0, 0.05) is 0 Å². The van der Waals surface area contributed by atoms with Crippen LogP contribution >= 0.6 is 11.8 Å². The third-order valence-corrected chi connectivity index (χ3v) is 20.4. The molecule has 0 aliphatic rings. The number of unbranched alkanes of at least 4 members (excludes halogenated alkanes) is 3. The van der Waals surface area contributed by atoms with E-state index in [4.69, 9.17) is 4.74 Å². The van der Waals surface area contributed by atoms with Gasteiger partial charge in [0.2, 0.25) is 0 Å². The van der Waals surface area contributed by atoms with Gasteiger partial charge < -0.3 is 0 Å². The number of hydrogen-bond acceptors (Lipinski definition) is 2. The molecule has 3 heteroatoms. The van der Waals surface area contributed by atoms with Gasteiger partial charge in [-0.25, -0.2) is 0 Å². The molecule has 21 heavy (non-hydrogen) atoms. The maximum atomic E-state index is 5.70. The molecule has 0 aromatic heterocycles. The van der Waals surface area contributed by atoms with Crippen LogP contribution in [0.5, 0.6) is 0 Å². The van der Waals surface area contributed by atoms with Gasteiger partial charge in [0.25, 0.3) is 0 Å². The molecule has 0 aliphatic carbocycles. The summed E-state index contributed by atoms with van der Waals surface area (Å²) in [6.07, 6.45) is 10.5. The van der Waals surface area contributed by atoms with E-state index in [0.29, 0.717) is 0 Å². The average molecular weight is 421 g/mol. The van der Waals surface area contributed by atoms with Crippen LogP contribution in [0, 0.1) is 0 Å². The van der Waals surface area contributed by atoms with Gasteiger partial charge in [0.05, 0.1) is 0 Å². The van der Waals surface area contributed by atoms with Crippen LogP contribution in [0.15, 0.2) is 12.2 Å². The van der Waals surface area contributed by atoms with Crippen molar-refractivity contribution in [2.75, 3.05) is 18.8 Å². The third kappa shape index (κ3) is 11.1. The summed E-state index contributed by atoms with van der Waals surface area (Å²) in [5.41, 5.74) is 1.39. The molecule has 0 rings (SSSR count). The molecule has 0 unspecified atom stereocenters. The quantitative estimate of drug-likeness (QED) is 0.126. The Bertz CT molecular complexity index is 234. The zero-order valence-electron chi connectivity index (χ0n) is 15.0. The van der Waals surface area contributed by atoms with Crippen molar-refractivity contribution in [2.45, 2.75) is 77.0 Å². The van der Waals surface area contributed by atoms with E-state index in [0.717, 1.165) is 12.5 Å². The molecule has 0 N–H and O–H groups in total. The Balaban J connectivity index is 4.64. The van der Waals surface area contributed by atoms with E-state index in [1.54, 1.807) is 25.1 Å². The van der Waals surface area contributed by atoms with E-state index >= 15 is 0 Å². The van der Waals surface area contributed by atoms with Gasteiger partial charge in [-0.3, -0.25) is 0 Å². The zero-order chi connectivity index (χ0) is 16.0. The molecule has 0 aromatic rings. The van der Waals surface area contributed by atoms with Gasteiger partial charge in [-0.05, 0) is 0 Å². The average Bonchev–Trinajstić information content (AvgIpc) is 2.49. The van der Waals surface area contributed by atoms with Crippen LogP contribution < -0.4 is 0 Å². The van der Waals surface area contributed by atoms with Crippen LogP contribution in [0.25, 0.3) is 0 Å². The monoisotopic (exact) mass is 422 g/mol. The fraction of sp³-hybridized carbons (Fsp3) is 0.889. The summed E-state index contributed by atoms with van der Waals surface area (Å²) in [6.45, 7) is 12.2. The van der Waals surface area contributed by atoms with Gasteiger partial charge in [-0.1, -0.05) is 0 Å². The van der Waals surface area contributed by atoms with Gasteiger partial charge in [0.15, 0.2) is 0 Å². The first-order valence-electron chi connectivity index (χ1n) is 8.87. The predicted octanol–water partition coefficient (Wildman–Crippen LogP) is 6.73. The first kappa shape index (κ1) is 21.8. The topological polar surface area (TPSA) is 9.23 Å². The predicted molar refractivity (Wildman–Crippen MR) is 103 cm³/mol. The number of thioether (sulfide) groups is 1. The SMILES string of the molecule is C=C(COCSC)[CH2][Sn]([CH2]CCC)([CH2]CCC)[CH2]CCC. The van der Waals surface area contributed by atoms with Crippen molar-refractivity contribution in [3.8, 4) is 0 Å². The molecule has 0 heterocycles. The van der Waals surface area contributed by atoms with Crippen LogP contribution in [-0.2, 0) is 4.74 Å². The molecule has 0 radical (unpaired) electrons. The molecule has 0 fully saturated rings. The first-order valence-corrected chi connectivity index (χ1v) is 18.3. The molecule has 0 spiro atoms. The summed E-state index contributed by atoms with van der Waals surface area (Å²) in [5, 5.41) is 0. The number of rotatable bonds is 15. The van der Waals surface area contributed by atoms with Gasteiger partial charge in [0.1, 0.15) is 0 Å². The molecule has 0 saturated heterocycles. The summed E-state index contributed by atoms with van der Waals surface area (Å²) in [7, 11) is 0. The summed E-state index contributed by atoms with van der Waals surface area (Å²) < 4.78 is 11.8. The van der Waals surface area contributed by atoms with E-state index in [2.05, 4.69) is 33.6 Å². The van der Waals surface area contributed by atoms with E-state index in [-0.39, 0.29) is 0 Å². The minimum atomic E-state index is -2.02. The summed E-state index contributed by atoms with van der Waals surface area (Å²) >= 11 is -0.259. The van der Waals surface area contributed by atoms with Crippen molar-refractivity contribution >= 4 is 30.1 Å².